The van der Waals surface area contributed by atoms with Gasteiger partial charge in [-0.15, -0.1) is 23.4 Å². The molecule has 0 saturated heterocycles. The molecule has 17 heavy (non-hydrogen) atoms. The second-order valence-corrected chi connectivity index (χ2v) is 5.10. The summed E-state index contributed by atoms with van der Waals surface area (Å²) in [6, 6.07) is 6.97. The summed E-state index contributed by atoms with van der Waals surface area (Å²) < 4.78 is 0. The Bertz CT molecular complexity index is 444. The summed E-state index contributed by atoms with van der Waals surface area (Å²) in [5, 5.41) is 14.4. The first kappa shape index (κ1) is 12.3. The van der Waals surface area contributed by atoms with Crippen LogP contribution in [0.2, 0.25) is 0 Å². The summed E-state index contributed by atoms with van der Waals surface area (Å²) in [7, 11) is 0. The maximum atomic E-state index is 10.7. The third-order valence-electron chi connectivity index (χ3n) is 2.49. The minimum absolute atomic E-state index is 0.291. The molecular weight excluding hydrogens is 258 g/mol. The van der Waals surface area contributed by atoms with E-state index in [0.717, 1.165) is 17.7 Å². The highest BCUT2D eigenvalue weighted by atomic mass is 35.5. The summed E-state index contributed by atoms with van der Waals surface area (Å²) in [6.07, 6.45) is 0.849. The van der Waals surface area contributed by atoms with Gasteiger partial charge in [0.1, 0.15) is 0 Å². The molecule has 2 rings (SSSR count). The van der Waals surface area contributed by atoms with Gasteiger partial charge in [0.05, 0.1) is 16.8 Å². The largest absolute Gasteiger partial charge is 0.478 e. The molecule has 0 aliphatic carbocycles. The van der Waals surface area contributed by atoms with E-state index in [9.17, 15) is 4.79 Å². The van der Waals surface area contributed by atoms with E-state index in [1.54, 1.807) is 23.9 Å². The Morgan fingerprint density at radius 3 is 2.65 bits per heavy atom. The van der Waals surface area contributed by atoms with E-state index in [2.05, 4.69) is 5.32 Å². The van der Waals surface area contributed by atoms with Gasteiger partial charge in [-0.1, -0.05) is 12.1 Å². The zero-order valence-electron chi connectivity index (χ0n) is 9.02. The fourth-order valence-corrected chi connectivity index (χ4v) is 2.84. The molecule has 1 aliphatic heterocycles. The molecule has 0 bridgehead atoms. The average molecular weight is 270 g/mol. The minimum Gasteiger partial charge on any atom is -0.478 e. The predicted molar refractivity (Wildman–Crippen MR) is 70.4 cm³/mol. The van der Waals surface area contributed by atoms with Gasteiger partial charge in [-0.25, -0.2) is 4.79 Å². The smallest absolute Gasteiger partial charge is 0.335 e. The van der Waals surface area contributed by atoms with Crippen molar-refractivity contribution in [3.05, 3.63) is 46.5 Å². The number of carboxylic acids is 1. The van der Waals surface area contributed by atoms with Gasteiger partial charge < -0.3 is 10.4 Å². The zero-order valence-corrected chi connectivity index (χ0v) is 10.6. The molecule has 1 atom stereocenters. The first-order valence-electron chi connectivity index (χ1n) is 5.18. The van der Waals surface area contributed by atoms with Crippen LogP contribution in [0.4, 0.5) is 0 Å². The van der Waals surface area contributed by atoms with Gasteiger partial charge in [-0.05, 0) is 23.1 Å². The second kappa shape index (κ2) is 5.47. The fourth-order valence-electron chi connectivity index (χ4n) is 1.61. The van der Waals surface area contributed by atoms with Gasteiger partial charge in [0.25, 0.3) is 0 Å². The molecule has 0 unspecified atom stereocenters. The van der Waals surface area contributed by atoms with Crippen molar-refractivity contribution < 1.29 is 9.90 Å². The minimum atomic E-state index is -0.893. The van der Waals surface area contributed by atoms with Crippen molar-refractivity contribution >= 4 is 29.3 Å². The maximum absolute atomic E-state index is 10.7. The average Bonchev–Trinajstić information content (AvgIpc) is 2.77. The summed E-state index contributed by atoms with van der Waals surface area (Å²) in [5.74, 6) is -0.391. The van der Waals surface area contributed by atoms with Crippen LogP contribution in [0.15, 0.2) is 35.4 Å². The van der Waals surface area contributed by atoms with Gasteiger partial charge in [-0.2, -0.15) is 0 Å². The van der Waals surface area contributed by atoms with E-state index in [1.165, 1.54) is 0 Å². The van der Waals surface area contributed by atoms with E-state index < -0.39 is 5.97 Å². The predicted octanol–water partition coefficient (Wildman–Crippen LogP) is 2.67. The normalized spacial score (nSPS) is 18.6. The summed E-state index contributed by atoms with van der Waals surface area (Å²) in [6.45, 7) is 0. The number of hydrogen-bond donors (Lipinski definition) is 2. The van der Waals surface area contributed by atoms with Crippen molar-refractivity contribution in [1.82, 2.24) is 5.32 Å². The van der Waals surface area contributed by atoms with Crippen molar-refractivity contribution in [2.45, 2.75) is 11.8 Å². The first-order chi connectivity index (χ1) is 8.19. The van der Waals surface area contributed by atoms with E-state index in [0.29, 0.717) is 16.8 Å². The molecule has 0 fully saturated rings. The Hall–Kier alpha value is -1.13. The molecule has 1 aromatic carbocycles. The summed E-state index contributed by atoms with van der Waals surface area (Å²) in [4.78, 5) is 10.7. The molecule has 0 amide bonds. The number of benzene rings is 1. The lowest BCUT2D eigenvalue weighted by molar-refractivity contribution is 0.0697. The Morgan fingerprint density at radius 2 is 2.12 bits per heavy atom. The zero-order chi connectivity index (χ0) is 12.3. The van der Waals surface area contributed by atoms with E-state index >= 15 is 0 Å². The van der Waals surface area contributed by atoms with Crippen LogP contribution >= 0.6 is 23.4 Å². The van der Waals surface area contributed by atoms with E-state index in [-0.39, 0.29) is 0 Å². The van der Waals surface area contributed by atoms with Crippen molar-refractivity contribution in [3.63, 3.8) is 0 Å². The highest BCUT2D eigenvalue weighted by Gasteiger charge is 2.16. The Morgan fingerprint density at radius 1 is 1.41 bits per heavy atom. The van der Waals surface area contributed by atoms with Crippen LogP contribution < -0.4 is 5.32 Å². The quantitative estimate of drug-likeness (QED) is 0.825. The monoisotopic (exact) mass is 269 g/mol. The number of halogens is 1. The van der Waals surface area contributed by atoms with Crippen LogP contribution in [0, 0.1) is 0 Å². The van der Waals surface area contributed by atoms with Crippen LogP contribution in [0.25, 0.3) is 0 Å². The van der Waals surface area contributed by atoms with Crippen molar-refractivity contribution in [3.8, 4) is 0 Å². The van der Waals surface area contributed by atoms with Crippen LogP contribution in [0.1, 0.15) is 15.9 Å². The van der Waals surface area contributed by atoms with Crippen molar-refractivity contribution in [2.75, 3.05) is 5.88 Å². The van der Waals surface area contributed by atoms with Gasteiger partial charge >= 0.3 is 5.97 Å². The van der Waals surface area contributed by atoms with Crippen LogP contribution in [0.5, 0.6) is 0 Å². The molecule has 1 aromatic rings. The topological polar surface area (TPSA) is 49.3 Å². The molecule has 0 aromatic heterocycles. The lowest BCUT2D eigenvalue weighted by Gasteiger charge is -2.12. The fraction of sp³-hybridized carbons (Fsp3) is 0.250. The van der Waals surface area contributed by atoms with Crippen molar-refractivity contribution in [2.24, 2.45) is 0 Å². The van der Waals surface area contributed by atoms with Gasteiger partial charge in [-0.3, -0.25) is 0 Å². The lowest BCUT2D eigenvalue weighted by Crippen LogP contribution is -2.23. The van der Waals surface area contributed by atoms with Crippen LogP contribution in [0.3, 0.4) is 0 Å². The van der Waals surface area contributed by atoms with E-state index in [4.69, 9.17) is 16.7 Å². The number of nitrogens with one attached hydrogen (secondary N) is 1. The summed E-state index contributed by atoms with van der Waals surface area (Å²) >= 11 is 7.43. The number of rotatable bonds is 4. The Kier molecular flexibility index (Phi) is 3.97. The molecule has 3 nitrogen and oxygen atoms in total. The molecule has 0 saturated carbocycles. The highest BCUT2D eigenvalue weighted by molar-refractivity contribution is 8.02. The van der Waals surface area contributed by atoms with Crippen LogP contribution in [-0.2, 0) is 6.42 Å². The molecule has 5 heteroatoms. The molecule has 2 N–H and O–H groups in total. The first-order valence-corrected chi connectivity index (χ1v) is 6.66. The van der Waals surface area contributed by atoms with Crippen LogP contribution in [-0.4, -0.2) is 22.3 Å². The molecular formula is C12H12ClNO2S. The third kappa shape index (κ3) is 3.17. The SMILES string of the molecule is O=C(O)c1ccc(C[C@@H]2NC(CCl)=CS2)cc1. The number of allylic oxidation sites excluding steroid dienone is 1. The number of alkyl halides is 1. The molecule has 0 spiro atoms. The third-order valence-corrected chi connectivity index (χ3v) is 3.81. The van der Waals surface area contributed by atoms with Crippen molar-refractivity contribution in [1.29, 1.82) is 0 Å². The second-order valence-electron chi connectivity index (χ2n) is 3.75. The van der Waals surface area contributed by atoms with E-state index in [1.807, 2.05) is 17.5 Å². The number of carboxylic acid groups (broad SMARTS) is 1. The molecule has 1 heterocycles. The molecule has 0 radical (unpaired) electrons. The Labute approximate surface area is 109 Å². The standard InChI is InChI=1S/C12H12ClNO2S/c13-6-10-7-17-11(14-10)5-8-1-3-9(4-2-8)12(15)16/h1-4,7,11,14H,5-6H2,(H,15,16)/t11-/m1/s1. The maximum Gasteiger partial charge on any atom is 0.335 e. The molecule has 90 valence electrons. The van der Waals surface area contributed by atoms with Gasteiger partial charge in [0.15, 0.2) is 0 Å². The Balaban J connectivity index is 1.94. The summed E-state index contributed by atoms with van der Waals surface area (Å²) in [5.41, 5.74) is 2.48. The van der Waals surface area contributed by atoms with Gasteiger partial charge in [0.2, 0.25) is 0 Å². The molecule has 1 aliphatic rings. The highest BCUT2D eigenvalue weighted by Crippen LogP contribution is 2.24. The van der Waals surface area contributed by atoms with Gasteiger partial charge in [0, 0.05) is 12.1 Å². The number of hydrogen-bond acceptors (Lipinski definition) is 3. The number of thioether (sulfide) groups is 1. The number of aromatic carboxylic acids is 1. The number of carbonyl (C=O) groups is 1. The lowest BCUT2D eigenvalue weighted by atomic mass is 10.1.